The molecule has 0 N–H and O–H groups in total. The third-order valence-corrected chi connectivity index (χ3v) is 6.09. The van der Waals surface area contributed by atoms with E-state index in [1.54, 1.807) is 23.1 Å². The van der Waals surface area contributed by atoms with Gasteiger partial charge in [0.2, 0.25) is 0 Å². The average Bonchev–Trinajstić information content (AvgIpc) is 3.06. The van der Waals surface area contributed by atoms with Gasteiger partial charge >= 0.3 is 0 Å². The zero-order valence-electron chi connectivity index (χ0n) is 10.5. The van der Waals surface area contributed by atoms with Gasteiger partial charge < -0.3 is 0 Å². The second-order valence-electron chi connectivity index (χ2n) is 4.41. The fraction of sp³-hybridized carbons (Fsp3) is 0.143. The van der Waals surface area contributed by atoms with Crippen LogP contribution in [0.15, 0.2) is 47.0 Å². The summed E-state index contributed by atoms with van der Waals surface area (Å²) in [6, 6.07) is 8.36. The van der Waals surface area contributed by atoms with Gasteiger partial charge in [0.15, 0.2) is 4.96 Å². The molecule has 100 valence electrons. The molecule has 0 saturated heterocycles. The number of hydrogen-bond donors (Lipinski definition) is 0. The van der Waals surface area contributed by atoms with E-state index in [-0.39, 0.29) is 0 Å². The molecule has 1 aliphatic heterocycles. The van der Waals surface area contributed by atoms with Gasteiger partial charge in [0.05, 0.1) is 11.4 Å². The average molecular weight is 317 g/mol. The Labute approximate surface area is 129 Å². The number of para-hydroxylation sites is 1. The van der Waals surface area contributed by atoms with Crippen LogP contribution in [0.25, 0.3) is 4.96 Å². The van der Waals surface area contributed by atoms with E-state index in [1.807, 2.05) is 24.0 Å². The van der Waals surface area contributed by atoms with Crippen molar-refractivity contribution < 1.29 is 0 Å². The van der Waals surface area contributed by atoms with Crippen LogP contribution in [-0.4, -0.2) is 13.8 Å². The topological polar surface area (TPSA) is 29.7 Å². The second kappa shape index (κ2) is 5.27. The molecule has 6 heteroatoms. The number of benzene rings is 1. The number of aromatic nitrogens is 2. The van der Waals surface area contributed by atoms with Gasteiger partial charge in [0.25, 0.3) is 0 Å². The van der Waals surface area contributed by atoms with Crippen molar-refractivity contribution in [2.75, 3.05) is 0 Å². The Morgan fingerprint density at radius 2 is 2.25 bits per heavy atom. The molecule has 3 nitrogen and oxygen atoms in total. The maximum absolute atomic E-state index is 4.71. The Hall–Kier alpha value is -1.24. The predicted molar refractivity (Wildman–Crippen MR) is 89.2 cm³/mol. The van der Waals surface area contributed by atoms with Gasteiger partial charge in [-0.25, -0.2) is 9.98 Å². The molecule has 0 fully saturated rings. The number of aliphatic imine (C=N–C) groups is 1. The summed E-state index contributed by atoms with van der Waals surface area (Å²) >= 11 is 5.26. The van der Waals surface area contributed by atoms with Crippen LogP contribution in [0.2, 0.25) is 0 Å². The fourth-order valence-electron chi connectivity index (χ4n) is 2.07. The first-order valence-corrected chi connectivity index (χ1v) is 9.07. The highest BCUT2D eigenvalue weighted by atomic mass is 32.2. The van der Waals surface area contributed by atoms with E-state index in [9.17, 15) is 0 Å². The molecule has 3 heterocycles. The van der Waals surface area contributed by atoms with Crippen LogP contribution >= 0.6 is 34.9 Å². The third kappa shape index (κ3) is 2.39. The minimum atomic E-state index is 0.877. The maximum Gasteiger partial charge on any atom is 0.193 e. The van der Waals surface area contributed by atoms with E-state index < -0.39 is 0 Å². The van der Waals surface area contributed by atoms with Crippen LogP contribution in [0.4, 0.5) is 5.69 Å². The third-order valence-electron chi connectivity index (χ3n) is 3.04. The summed E-state index contributed by atoms with van der Waals surface area (Å²) in [7, 11) is 0. The Balaban J connectivity index is 1.50. The molecule has 0 unspecified atom stereocenters. The lowest BCUT2D eigenvalue weighted by molar-refractivity contribution is 1.22. The van der Waals surface area contributed by atoms with E-state index in [0.717, 1.165) is 32.2 Å². The van der Waals surface area contributed by atoms with E-state index in [0.29, 0.717) is 0 Å². The molecule has 4 rings (SSSR count). The van der Waals surface area contributed by atoms with Crippen LogP contribution in [-0.2, 0) is 11.5 Å². The summed E-state index contributed by atoms with van der Waals surface area (Å²) in [4.78, 5) is 10.4. The molecule has 0 amide bonds. The second-order valence-corrected chi connectivity index (χ2v) is 7.47. The molecule has 0 spiro atoms. The minimum Gasteiger partial charge on any atom is -0.297 e. The molecule has 3 aromatic rings. The Morgan fingerprint density at radius 1 is 1.30 bits per heavy atom. The predicted octanol–water partition coefficient (Wildman–Crippen LogP) is 4.56. The van der Waals surface area contributed by atoms with Crippen LogP contribution in [0.3, 0.4) is 0 Å². The molecule has 1 aliphatic rings. The minimum absolute atomic E-state index is 0.877. The largest absolute Gasteiger partial charge is 0.297 e. The molecule has 20 heavy (non-hydrogen) atoms. The highest BCUT2D eigenvalue weighted by molar-refractivity contribution is 8.38. The van der Waals surface area contributed by atoms with E-state index >= 15 is 0 Å². The molecule has 2 aromatic heterocycles. The summed E-state index contributed by atoms with van der Waals surface area (Å²) in [5.41, 5.74) is 3.55. The van der Waals surface area contributed by atoms with Gasteiger partial charge in [-0.2, -0.15) is 0 Å². The molecule has 0 saturated carbocycles. The summed E-state index contributed by atoms with van der Waals surface area (Å²) in [6.45, 7) is 0. The normalized spacial score (nSPS) is 14.3. The molecule has 0 bridgehead atoms. The van der Waals surface area contributed by atoms with Crippen LogP contribution in [0.5, 0.6) is 0 Å². The van der Waals surface area contributed by atoms with Crippen molar-refractivity contribution in [3.05, 3.63) is 53.3 Å². The van der Waals surface area contributed by atoms with E-state index in [2.05, 4.69) is 39.2 Å². The molecule has 1 aromatic carbocycles. The van der Waals surface area contributed by atoms with Gasteiger partial charge in [0, 0.05) is 29.3 Å². The number of nitrogens with zero attached hydrogens (tertiary/aromatic N) is 3. The zero-order valence-corrected chi connectivity index (χ0v) is 13.0. The van der Waals surface area contributed by atoms with Crippen molar-refractivity contribution in [3.63, 3.8) is 0 Å². The summed E-state index contributed by atoms with van der Waals surface area (Å²) in [5.74, 6) is 1.89. The number of imidazole rings is 1. The van der Waals surface area contributed by atoms with Crippen molar-refractivity contribution >= 4 is 49.9 Å². The van der Waals surface area contributed by atoms with Crippen LogP contribution in [0.1, 0.15) is 11.3 Å². The standard InChI is InChI=1S/C14H11N3S3/c1-2-4-12-10(3-1)8-19-14(16-12)20-9-11-7-17-5-6-18-13(17)15-11/h1-7H,8-9H2. The number of fused-ring (bicyclic) bond motifs is 2. The van der Waals surface area contributed by atoms with Crippen molar-refractivity contribution in [1.29, 1.82) is 0 Å². The Kier molecular flexibility index (Phi) is 3.29. The Morgan fingerprint density at radius 3 is 3.20 bits per heavy atom. The number of rotatable bonds is 2. The van der Waals surface area contributed by atoms with E-state index in [1.165, 1.54) is 5.56 Å². The van der Waals surface area contributed by atoms with Crippen molar-refractivity contribution in [3.8, 4) is 0 Å². The summed E-state index contributed by atoms with van der Waals surface area (Å²) in [6.07, 6.45) is 4.14. The van der Waals surface area contributed by atoms with E-state index in [4.69, 9.17) is 4.99 Å². The lowest BCUT2D eigenvalue weighted by Gasteiger charge is -2.13. The molecule has 0 aliphatic carbocycles. The smallest absolute Gasteiger partial charge is 0.193 e. The van der Waals surface area contributed by atoms with Gasteiger partial charge in [-0.3, -0.25) is 4.40 Å². The summed E-state index contributed by atoms with van der Waals surface area (Å²) in [5, 5.41) is 2.05. The monoisotopic (exact) mass is 317 g/mol. The molecule has 0 atom stereocenters. The van der Waals surface area contributed by atoms with Gasteiger partial charge in [-0.15, -0.1) is 11.3 Å². The van der Waals surface area contributed by atoms with Crippen LogP contribution in [0, 0.1) is 0 Å². The zero-order chi connectivity index (χ0) is 13.4. The molecule has 0 radical (unpaired) electrons. The molecular formula is C14H11N3S3. The highest BCUT2D eigenvalue weighted by Crippen LogP contribution is 2.35. The number of thiazole rings is 1. The first kappa shape index (κ1) is 12.5. The summed E-state index contributed by atoms with van der Waals surface area (Å²) < 4.78 is 3.21. The fourth-order valence-corrected chi connectivity index (χ4v) is 4.73. The lowest BCUT2D eigenvalue weighted by Crippen LogP contribution is -1.96. The maximum atomic E-state index is 4.71. The Bertz CT molecular complexity index is 759. The van der Waals surface area contributed by atoms with Crippen molar-refractivity contribution in [1.82, 2.24) is 9.38 Å². The highest BCUT2D eigenvalue weighted by Gasteiger charge is 2.13. The van der Waals surface area contributed by atoms with Crippen molar-refractivity contribution in [2.24, 2.45) is 4.99 Å². The number of hydrogen-bond acceptors (Lipinski definition) is 5. The van der Waals surface area contributed by atoms with Gasteiger partial charge in [-0.05, 0) is 11.6 Å². The first-order valence-electron chi connectivity index (χ1n) is 6.22. The quantitative estimate of drug-likeness (QED) is 0.694. The molecular weight excluding hydrogens is 306 g/mol. The van der Waals surface area contributed by atoms with Gasteiger partial charge in [0.1, 0.15) is 4.38 Å². The SMILES string of the molecule is c1ccc2c(c1)CSC(SCc1cn3ccsc3n1)=N2. The number of thioether (sulfide) groups is 2. The van der Waals surface area contributed by atoms with Crippen molar-refractivity contribution in [2.45, 2.75) is 11.5 Å². The first-order chi connectivity index (χ1) is 9.88. The lowest BCUT2D eigenvalue weighted by atomic mass is 10.2. The van der Waals surface area contributed by atoms with Gasteiger partial charge in [-0.1, -0.05) is 41.7 Å². The van der Waals surface area contributed by atoms with Crippen LogP contribution < -0.4 is 0 Å².